The van der Waals surface area contributed by atoms with Gasteiger partial charge in [0.2, 0.25) is 0 Å². The number of rotatable bonds is 3. The highest BCUT2D eigenvalue weighted by atomic mass is 35.5. The quantitative estimate of drug-likeness (QED) is 0.908. The van der Waals surface area contributed by atoms with Gasteiger partial charge >= 0.3 is 0 Å². The second-order valence-electron chi connectivity index (χ2n) is 4.45. The van der Waals surface area contributed by atoms with Crippen LogP contribution in [0, 0.1) is 5.92 Å². The van der Waals surface area contributed by atoms with E-state index < -0.39 is 6.10 Å². The molecule has 0 bridgehead atoms. The molecule has 94 valence electrons. The summed E-state index contributed by atoms with van der Waals surface area (Å²) >= 11 is 12.0. The molecule has 0 aliphatic carbocycles. The number of hydrogen-bond acceptors (Lipinski definition) is 2. The van der Waals surface area contributed by atoms with Crippen molar-refractivity contribution in [2.24, 2.45) is 5.92 Å². The van der Waals surface area contributed by atoms with Gasteiger partial charge in [-0.05, 0) is 31.2 Å². The molecular weight excluding hydrogens is 259 g/mol. The molecule has 1 aromatic carbocycles. The largest absolute Gasteiger partial charge is 0.388 e. The van der Waals surface area contributed by atoms with E-state index in [1.54, 1.807) is 6.07 Å². The van der Waals surface area contributed by atoms with Crippen molar-refractivity contribution in [3.05, 3.63) is 33.8 Å². The molecule has 0 aromatic heterocycles. The zero-order valence-electron chi connectivity index (χ0n) is 9.53. The Morgan fingerprint density at radius 1 is 1.29 bits per heavy atom. The van der Waals surface area contributed by atoms with E-state index in [0.29, 0.717) is 16.0 Å². The van der Waals surface area contributed by atoms with Gasteiger partial charge in [0.05, 0.1) is 16.1 Å². The maximum Gasteiger partial charge on any atom is 0.0807 e. The van der Waals surface area contributed by atoms with Crippen molar-refractivity contribution >= 4 is 23.2 Å². The highest BCUT2D eigenvalue weighted by Crippen LogP contribution is 2.34. The molecule has 1 aliphatic rings. The molecule has 1 fully saturated rings. The van der Waals surface area contributed by atoms with Gasteiger partial charge in [-0.2, -0.15) is 0 Å². The zero-order valence-corrected chi connectivity index (χ0v) is 11.0. The Morgan fingerprint density at radius 2 is 2.00 bits per heavy atom. The molecule has 0 saturated carbocycles. The van der Waals surface area contributed by atoms with Gasteiger partial charge < -0.3 is 9.84 Å². The number of aliphatic hydroxyl groups is 1. The van der Waals surface area contributed by atoms with E-state index in [0.717, 1.165) is 38.0 Å². The van der Waals surface area contributed by atoms with Gasteiger partial charge in [0, 0.05) is 18.8 Å². The molecule has 1 atom stereocenters. The van der Waals surface area contributed by atoms with Crippen molar-refractivity contribution in [1.82, 2.24) is 0 Å². The summed E-state index contributed by atoms with van der Waals surface area (Å²) in [6.07, 6.45) is 2.21. The second kappa shape index (κ2) is 6.05. The lowest BCUT2D eigenvalue weighted by molar-refractivity contribution is 0.0435. The molecule has 0 spiro atoms. The molecule has 2 nitrogen and oxygen atoms in total. The fraction of sp³-hybridized carbons (Fsp3) is 0.538. The van der Waals surface area contributed by atoms with Crippen LogP contribution in [0.3, 0.4) is 0 Å². The van der Waals surface area contributed by atoms with Crippen LogP contribution in [0.2, 0.25) is 10.0 Å². The predicted molar refractivity (Wildman–Crippen MR) is 69.6 cm³/mol. The van der Waals surface area contributed by atoms with E-state index in [1.165, 1.54) is 0 Å². The van der Waals surface area contributed by atoms with Crippen LogP contribution in [0.5, 0.6) is 0 Å². The van der Waals surface area contributed by atoms with Crippen molar-refractivity contribution in [3.8, 4) is 0 Å². The first kappa shape index (κ1) is 13.2. The molecule has 4 heteroatoms. The standard InChI is InChI=1S/C13H16Cl2O2/c14-11-3-1-2-10(13(11)15)12(16)8-9-4-6-17-7-5-9/h1-3,9,12,16H,4-8H2. The second-order valence-corrected chi connectivity index (χ2v) is 5.24. The van der Waals surface area contributed by atoms with Gasteiger partial charge in [0.15, 0.2) is 0 Å². The molecule has 1 aliphatic heterocycles. The molecular formula is C13H16Cl2O2. The highest BCUT2D eigenvalue weighted by Gasteiger charge is 2.20. The van der Waals surface area contributed by atoms with Crippen LogP contribution in [0.25, 0.3) is 0 Å². The van der Waals surface area contributed by atoms with Crippen LogP contribution in [0.1, 0.15) is 30.9 Å². The molecule has 0 radical (unpaired) electrons. The number of hydrogen-bond donors (Lipinski definition) is 1. The molecule has 0 amide bonds. The Bertz CT molecular complexity index is 376. The Kier molecular flexibility index (Phi) is 4.69. The van der Waals surface area contributed by atoms with E-state index in [2.05, 4.69) is 0 Å². The maximum absolute atomic E-state index is 10.2. The SMILES string of the molecule is OC(CC1CCOCC1)c1cccc(Cl)c1Cl. The van der Waals surface area contributed by atoms with Crippen molar-refractivity contribution in [2.45, 2.75) is 25.4 Å². The van der Waals surface area contributed by atoms with Gasteiger partial charge in [-0.25, -0.2) is 0 Å². The first-order valence-electron chi connectivity index (χ1n) is 5.88. The lowest BCUT2D eigenvalue weighted by atomic mass is 9.91. The van der Waals surface area contributed by atoms with Crippen LogP contribution >= 0.6 is 23.2 Å². The average Bonchev–Trinajstić information content (AvgIpc) is 2.34. The van der Waals surface area contributed by atoms with E-state index in [9.17, 15) is 5.11 Å². The lowest BCUT2D eigenvalue weighted by Gasteiger charge is -2.24. The minimum atomic E-state index is -0.538. The van der Waals surface area contributed by atoms with Crippen LogP contribution in [-0.4, -0.2) is 18.3 Å². The molecule has 1 aromatic rings. The Hall–Kier alpha value is -0.280. The first-order valence-corrected chi connectivity index (χ1v) is 6.64. The minimum absolute atomic E-state index is 0.466. The van der Waals surface area contributed by atoms with E-state index in [-0.39, 0.29) is 0 Å². The summed E-state index contributed by atoms with van der Waals surface area (Å²) in [5.41, 5.74) is 0.727. The van der Waals surface area contributed by atoms with E-state index >= 15 is 0 Å². The summed E-state index contributed by atoms with van der Waals surface area (Å²) in [6.45, 7) is 1.58. The number of aliphatic hydroxyl groups excluding tert-OH is 1. The van der Waals surface area contributed by atoms with Crippen LogP contribution in [-0.2, 0) is 4.74 Å². The van der Waals surface area contributed by atoms with Gasteiger partial charge in [-0.3, -0.25) is 0 Å². The Labute approximate surface area is 111 Å². The third-order valence-electron chi connectivity index (χ3n) is 3.24. The molecule has 1 saturated heterocycles. The van der Waals surface area contributed by atoms with Crippen molar-refractivity contribution in [3.63, 3.8) is 0 Å². The fourth-order valence-corrected chi connectivity index (χ4v) is 2.64. The van der Waals surface area contributed by atoms with Crippen molar-refractivity contribution < 1.29 is 9.84 Å². The summed E-state index contributed by atoms with van der Waals surface area (Å²) in [5, 5.41) is 11.2. The van der Waals surface area contributed by atoms with Crippen molar-refractivity contribution in [2.75, 3.05) is 13.2 Å². The summed E-state index contributed by atoms with van der Waals surface area (Å²) in [7, 11) is 0. The average molecular weight is 275 g/mol. The van der Waals surface area contributed by atoms with E-state index in [1.807, 2.05) is 12.1 Å². The highest BCUT2D eigenvalue weighted by molar-refractivity contribution is 6.42. The van der Waals surface area contributed by atoms with Gasteiger partial charge in [0.25, 0.3) is 0 Å². The minimum Gasteiger partial charge on any atom is -0.388 e. The summed E-state index contributed by atoms with van der Waals surface area (Å²) < 4.78 is 5.30. The van der Waals surface area contributed by atoms with Crippen LogP contribution in [0.4, 0.5) is 0 Å². The van der Waals surface area contributed by atoms with E-state index in [4.69, 9.17) is 27.9 Å². The maximum atomic E-state index is 10.2. The topological polar surface area (TPSA) is 29.5 Å². The summed E-state index contributed by atoms with van der Waals surface area (Å²) in [4.78, 5) is 0. The number of ether oxygens (including phenoxy) is 1. The normalized spacial score (nSPS) is 19.2. The monoisotopic (exact) mass is 274 g/mol. The molecule has 1 unspecified atom stereocenters. The summed E-state index contributed by atoms with van der Waals surface area (Å²) in [5.74, 6) is 0.508. The zero-order chi connectivity index (χ0) is 12.3. The predicted octanol–water partition coefficient (Wildman–Crippen LogP) is 3.84. The first-order chi connectivity index (χ1) is 8.18. The smallest absolute Gasteiger partial charge is 0.0807 e. The number of benzene rings is 1. The van der Waals surface area contributed by atoms with Gasteiger partial charge in [-0.15, -0.1) is 0 Å². The fourth-order valence-electron chi connectivity index (χ4n) is 2.20. The van der Waals surface area contributed by atoms with Crippen LogP contribution in [0.15, 0.2) is 18.2 Å². The van der Waals surface area contributed by atoms with Crippen LogP contribution < -0.4 is 0 Å². The molecule has 1 N–H and O–H groups in total. The van der Waals surface area contributed by atoms with Gasteiger partial charge in [-0.1, -0.05) is 35.3 Å². The molecule has 17 heavy (non-hydrogen) atoms. The lowest BCUT2D eigenvalue weighted by Crippen LogP contribution is -2.18. The van der Waals surface area contributed by atoms with Gasteiger partial charge in [0.1, 0.15) is 0 Å². The third-order valence-corrected chi connectivity index (χ3v) is 4.07. The Balaban J connectivity index is 2.03. The molecule has 2 rings (SSSR count). The Morgan fingerprint density at radius 3 is 2.71 bits per heavy atom. The summed E-state index contributed by atoms with van der Waals surface area (Å²) in [6, 6.07) is 5.38. The molecule has 1 heterocycles. The third kappa shape index (κ3) is 3.35. The van der Waals surface area contributed by atoms with Crippen molar-refractivity contribution in [1.29, 1.82) is 0 Å². The number of halogens is 2.